The van der Waals surface area contributed by atoms with Crippen LogP contribution in [0.5, 0.6) is 5.75 Å². The van der Waals surface area contributed by atoms with Crippen molar-refractivity contribution >= 4 is 5.97 Å². The van der Waals surface area contributed by atoms with E-state index in [0.29, 0.717) is 0 Å². The van der Waals surface area contributed by atoms with Gasteiger partial charge in [-0.3, -0.25) is 0 Å². The number of alkyl halides is 1. The molecule has 0 aliphatic heterocycles. The Morgan fingerprint density at radius 1 is 1.39 bits per heavy atom. The lowest BCUT2D eigenvalue weighted by Crippen LogP contribution is -2.19. The van der Waals surface area contributed by atoms with Crippen molar-refractivity contribution in [3.05, 3.63) is 29.1 Å². The van der Waals surface area contributed by atoms with Crippen LogP contribution in [0.2, 0.25) is 0 Å². The largest absolute Gasteiger partial charge is 0.490 e. The zero-order valence-corrected chi connectivity index (χ0v) is 10.6. The number of aromatic carboxylic acids is 1. The molecule has 100 valence electrons. The summed E-state index contributed by atoms with van der Waals surface area (Å²) in [6.07, 6.45) is 0. The smallest absolute Gasteiger partial charge is 0.339 e. The summed E-state index contributed by atoms with van der Waals surface area (Å²) in [5, 5.41) is 9.05. The highest BCUT2D eigenvalue weighted by molar-refractivity contribution is 5.91. The molecule has 0 bridgehead atoms. The Labute approximate surface area is 104 Å². The van der Waals surface area contributed by atoms with E-state index in [2.05, 4.69) is 0 Å². The molecule has 0 amide bonds. The van der Waals surface area contributed by atoms with Gasteiger partial charge in [-0.25, -0.2) is 13.6 Å². The predicted molar refractivity (Wildman–Crippen MR) is 63.5 cm³/mol. The molecule has 0 atom stereocenters. The summed E-state index contributed by atoms with van der Waals surface area (Å²) in [6, 6.07) is 2.22. The van der Waals surface area contributed by atoms with E-state index in [9.17, 15) is 13.6 Å². The Kier molecular flexibility index (Phi) is 4.27. The minimum atomic E-state index is -1.23. The maximum Gasteiger partial charge on any atom is 0.339 e. The van der Waals surface area contributed by atoms with Gasteiger partial charge in [-0.15, -0.1) is 0 Å². The van der Waals surface area contributed by atoms with Crippen LogP contribution < -0.4 is 4.74 Å². The minimum absolute atomic E-state index is 0.0901. The second-order valence-corrected chi connectivity index (χ2v) is 4.89. The van der Waals surface area contributed by atoms with Gasteiger partial charge in [-0.1, -0.05) is 20.8 Å². The molecular formula is C13H16F2O3. The molecule has 0 saturated heterocycles. The van der Waals surface area contributed by atoms with Crippen molar-refractivity contribution in [2.24, 2.45) is 0 Å². The van der Waals surface area contributed by atoms with E-state index < -0.39 is 23.9 Å². The summed E-state index contributed by atoms with van der Waals surface area (Å²) in [5.41, 5.74) is -0.646. The molecule has 1 aromatic carbocycles. The van der Waals surface area contributed by atoms with Gasteiger partial charge in [0.25, 0.3) is 0 Å². The van der Waals surface area contributed by atoms with Crippen LogP contribution in [-0.4, -0.2) is 24.4 Å². The molecular weight excluding hydrogens is 242 g/mol. The van der Waals surface area contributed by atoms with Crippen LogP contribution in [-0.2, 0) is 5.41 Å². The molecule has 3 nitrogen and oxygen atoms in total. The third-order valence-corrected chi connectivity index (χ3v) is 2.41. The number of hydrogen-bond donors (Lipinski definition) is 1. The molecule has 0 radical (unpaired) electrons. The molecule has 1 N–H and O–H groups in total. The third kappa shape index (κ3) is 2.97. The Bertz CT molecular complexity index is 450. The highest BCUT2D eigenvalue weighted by Crippen LogP contribution is 2.36. The number of ether oxygens (including phenoxy) is 1. The van der Waals surface area contributed by atoms with E-state index in [1.165, 1.54) is 0 Å². The Balaban J connectivity index is 3.45. The summed E-state index contributed by atoms with van der Waals surface area (Å²) in [4.78, 5) is 11.1. The maximum atomic E-state index is 13.9. The van der Waals surface area contributed by atoms with Crippen LogP contribution in [0.15, 0.2) is 12.1 Å². The highest BCUT2D eigenvalue weighted by Gasteiger charge is 2.27. The van der Waals surface area contributed by atoms with Gasteiger partial charge in [0.1, 0.15) is 30.4 Å². The van der Waals surface area contributed by atoms with Gasteiger partial charge in [0.05, 0.1) is 0 Å². The van der Waals surface area contributed by atoms with Crippen LogP contribution in [0.25, 0.3) is 0 Å². The Morgan fingerprint density at radius 3 is 2.44 bits per heavy atom. The Hall–Kier alpha value is -1.65. The van der Waals surface area contributed by atoms with E-state index >= 15 is 0 Å². The topological polar surface area (TPSA) is 46.5 Å². The molecule has 0 saturated carbocycles. The van der Waals surface area contributed by atoms with Crippen molar-refractivity contribution in [2.75, 3.05) is 13.3 Å². The van der Waals surface area contributed by atoms with Gasteiger partial charge >= 0.3 is 5.97 Å². The molecule has 5 heteroatoms. The standard InChI is InChI=1S/C13H16F2O3/c1-13(2,3)10-9(15)5-4-8(12(16)17)11(10)18-7-6-14/h4-5H,6-7H2,1-3H3,(H,16,17). The van der Waals surface area contributed by atoms with Gasteiger partial charge < -0.3 is 9.84 Å². The normalized spacial score (nSPS) is 11.4. The van der Waals surface area contributed by atoms with Crippen molar-refractivity contribution in [3.8, 4) is 5.75 Å². The maximum absolute atomic E-state index is 13.9. The van der Waals surface area contributed by atoms with E-state index in [1.807, 2.05) is 0 Å². The molecule has 0 heterocycles. The lowest BCUT2D eigenvalue weighted by molar-refractivity contribution is 0.0691. The number of benzene rings is 1. The average Bonchev–Trinajstić information content (AvgIpc) is 2.23. The molecule has 0 spiro atoms. The molecule has 1 rings (SSSR count). The number of rotatable bonds is 4. The lowest BCUT2D eigenvalue weighted by atomic mass is 9.84. The second-order valence-electron chi connectivity index (χ2n) is 4.89. The van der Waals surface area contributed by atoms with E-state index in [0.717, 1.165) is 12.1 Å². The van der Waals surface area contributed by atoms with Gasteiger partial charge in [0, 0.05) is 5.56 Å². The van der Waals surface area contributed by atoms with Crippen LogP contribution in [0.4, 0.5) is 8.78 Å². The Morgan fingerprint density at radius 2 is 2.00 bits per heavy atom. The first-order valence-electron chi connectivity index (χ1n) is 5.54. The van der Waals surface area contributed by atoms with Crippen molar-refractivity contribution in [3.63, 3.8) is 0 Å². The first-order valence-corrected chi connectivity index (χ1v) is 5.54. The number of hydrogen-bond acceptors (Lipinski definition) is 2. The van der Waals surface area contributed by atoms with Crippen molar-refractivity contribution in [1.29, 1.82) is 0 Å². The monoisotopic (exact) mass is 258 g/mol. The van der Waals surface area contributed by atoms with Crippen molar-refractivity contribution in [1.82, 2.24) is 0 Å². The van der Waals surface area contributed by atoms with Gasteiger partial charge in [0.2, 0.25) is 0 Å². The predicted octanol–water partition coefficient (Wildman–Crippen LogP) is 3.17. The molecule has 0 aliphatic rings. The van der Waals surface area contributed by atoms with E-state index in [1.54, 1.807) is 20.8 Å². The van der Waals surface area contributed by atoms with Crippen molar-refractivity contribution < 1.29 is 23.4 Å². The fraction of sp³-hybridized carbons (Fsp3) is 0.462. The summed E-state index contributed by atoms with van der Waals surface area (Å²) in [5.74, 6) is -1.87. The second kappa shape index (κ2) is 5.33. The fourth-order valence-corrected chi connectivity index (χ4v) is 1.72. The first-order chi connectivity index (χ1) is 8.29. The zero-order valence-electron chi connectivity index (χ0n) is 10.6. The summed E-state index contributed by atoms with van der Waals surface area (Å²) in [6.45, 7) is 4.14. The van der Waals surface area contributed by atoms with Gasteiger partial charge in [0.15, 0.2) is 0 Å². The quantitative estimate of drug-likeness (QED) is 0.902. The van der Waals surface area contributed by atoms with Crippen molar-refractivity contribution in [2.45, 2.75) is 26.2 Å². The van der Waals surface area contributed by atoms with Crippen LogP contribution in [0.3, 0.4) is 0 Å². The molecule has 0 aromatic heterocycles. The lowest BCUT2D eigenvalue weighted by Gasteiger charge is -2.24. The van der Waals surface area contributed by atoms with Gasteiger partial charge in [-0.2, -0.15) is 0 Å². The fourth-order valence-electron chi connectivity index (χ4n) is 1.72. The SMILES string of the molecule is CC(C)(C)c1c(F)ccc(C(=O)O)c1OCCF. The zero-order chi connectivity index (χ0) is 13.9. The van der Waals surface area contributed by atoms with E-state index in [4.69, 9.17) is 9.84 Å². The van der Waals surface area contributed by atoms with Crippen LogP contribution in [0.1, 0.15) is 36.7 Å². The molecule has 1 aromatic rings. The minimum Gasteiger partial charge on any atom is -0.490 e. The average molecular weight is 258 g/mol. The molecule has 0 unspecified atom stereocenters. The molecule has 18 heavy (non-hydrogen) atoms. The number of carboxylic acids is 1. The first kappa shape index (κ1) is 14.4. The summed E-state index contributed by atoms with van der Waals surface area (Å²) >= 11 is 0. The van der Waals surface area contributed by atoms with E-state index in [-0.39, 0.29) is 23.5 Å². The van der Waals surface area contributed by atoms with Crippen LogP contribution in [0, 0.1) is 5.82 Å². The number of carbonyl (C=O) groups is 1. The van der Waals surface area contributed by atoms with Gasteiger partial charge in [-0.05, 0) is 17.5 Å². The molecule has 0 fully saturated rings. The number of carboxylic acid groups (broad SMARTS) is 1. The molecule has 0 aliphatic carbocycles. The summed E-state index contributed by atoms with van der Waals surface area (Å²) in [7, 11) is 0. The third-order valence-electron chi connectivity index (χ3n) is 2.41. The highest BCUT2D eigenvalue weighted by atomic mass is 19.1. The summed E-state index contributed by atoms with van der Waals surface area (Å²) < 4.78 is 31.1. The number of halogens is 2. The van der Waals surface area contributed by atoms with Crippen LogP contribution >= 0.6 is 0 Å².